The van der Waals surface area contributed by atoms with Crippen LogP contribution in [0.1, 0.15) is 16.7 Å². The first-order valence-electron chi connectivity index (χ1n) is 8.56. The fraction of sp³-hybridized carbons (Fsp3) is 0.200. The van der Waals surface area contributed by atoms with Gasteiger partial charge in [0.15, 0.2) is 0 Å². The van der Waals surface area contributed by atoms with E-state index in [4.69, 9.17) is 10.5 Å². The maximum Gasteiger partial charge on any atom is 0.209 e. The molecule has 7 heteroatoms. The van der Waals surface area contributed by atoms with E-state index in [9.17, 15) is 0 Å². The maximum atomic E-state index is 5.87. The van der Waals surface area contributed by atoms with Gasteiger partial charge in [-0.3, -0.25) is 4.99 Å². The molecule has 0 spiro atoms. The minimum absolute atomic E-state index is 0.289. The Morgan fingerprint density at radius 2 is 2.07 bits per heavy atom. The molecular weight excluding hydrogens is 406 g/mol. The van der Waals surface area contributed by atoms with Crippen molar-refractivity contribution in [1.82, 2.24) is 10.4 Å². The number of halogens is 1. The van der Waals surface area contributed by atoms with Crippen LogP contribution in [0.4, 0.5) is 0 Å². The van der Waals surface area contributed by atoms with E-state index in [0.717, 1.165) is 38.7 Å². The van der Waals surface area contributed by atoms with Crippen molar-refractivity contribution in [1.29, 1.82) is 0 Å². The molecule has 1 heterocycles. The summed E-state index contributed by atoms with van der Waals surface area (Å²) in [5.74, 6) is 1.10. The average Bonchev–Trinajstić information content (AvgIpc) is 3.07. The zero-order valence-corrected chi connectivity index (χ0v) is 16.9. The number of nitrogens with zero attached hydrogens (tertiary/aromatic N) is 2. The Labute approximate surface area is 166 Å². The molecule has 0 aliphatic carbocycles. The predicted molar refractivity (Wildman–Crippen MR) is 115 cm³/mol. The number of aromatic amines is 1. The van der Waals surface area contributed by atoms with Crippen molar-refractivity contribution in [2.75, 3.05) is 13.7 Å². The normalized spacial score (nSPS) is 12.0. The first-order valence-corrected chi connectivity index (χ1v) is 9.35. The SMILES string of the molecule is COc1cc(C)c2[nH]cc(/C=N/NC(N)=NCCc3ccc(Br)cc3)c2c1. The van der Waals surface area contributed by atoms with E-state index >= 15 is 0 Å². The van der Waals surface area contributed by atoms with E-state index in [1.54, 1.807) is 13.3 Å². The number of fused-ring (bicyclic) bond motifs is 1. The van der Waals surface area contributed by atoms with Crippen LogP contribution in [0.3, 0.4) is 0 Å². The third-order valence-electron chi connectivity index (χ3n) is 4.21. The van der Waals surface area contributed by atoms with E-state index < -0.39 is 0 Å². The molecule has 0 bridgehead atoms. The second kappa shape index (κ2) is 8.73. The Kier molecular flexibility index (Phi) is 6.13. The summed E-state index contributed by atoms with van der Waals surface area (Å²) in [4.78, 5) is 7.56. The number of aryl methyl sites for hydroxylation is 1. The smallest absolute Gasteiger partial charge is 0.209 e. The van der Waals surface area contributed by atoms with Crippen LogP contribution in [0, 0.1) is 6.92 Å². The Morgan fingerprint density at radius 3 is 2.81 bits per heavy atom. The maximum absolute atomic E-state index is 5.87. The van der Waals surface area contributed by atoms with Crippen LogP contribution in [-0.4, -0.2) is 30.8 Å². The zero-order chi connectivity index (χ0) is 19.2. The lowest BCUT2D eigenvalue weighted by Gasteiger charge is -2.03. The van der Waals surface area contributed by atoms with Gasteiger partial charge in [0, 0.05) is 33.7 Å². The van der Waals surface area contributed by atoms with E-state index in [0.29, 0.717) is 6.54 Å². The molecule has 3 rings (SSSR count). The third kappa shape index (κ3) is 4.89. The Balaban J connectivity index is 1.60. The van der Waals surface area contributed by atoms with Crippen LogP contribution in [0.5, 0.6) is 5.75 Å². The van der Waals surface area contributed by atoms with E-state index in [1.165, 1.54) is 5.56 Å². The molecule has 0 aliphatic rings. The highest BCUT2D eigenvalue weighted by Gasteiger charge is 2.06. The van der Waals surface area contributed by atoms with Crippen LogP contribution in [-0.2, 0) is 6.42 Å². The lowest BCUT2D eigenvalue weighted by Crippen LogP contribution is -2.27. The number of H-pyrrole nitrogens is 1. The molecule has 0 saturated carbocycles. The summed E-state index contributed by atoms with van der Waals surface area (Å²) in [5.41, 5.74) is 13.0. The molecule has 0 atom stereocenters. The Bertz CT molecular complexity index is 976. The number of ether oxygens (including phenoxy) is 1. The second-order valence-corrected chi connectivity index (χ2v) is 7.04. The number of benzene rings is 2. The molecule has 0 saturated heterocycles. The minimum atomic E-state index is 0.289. The molecule has 0 amide bonds. The number of guanidine groups is 1. The van der Waals surface area contributed by atoms with Crippen molar-refractivity contribution in [3.63, 3.8) is 0 Å². The largest absolute Gasteiger partial charge is 0.497 e. The first-order chi connectivity index (χ1) is 13.1. The summed E-state index contributed by atoms with van der Waals surface area (Å²) >= 11 is 3.43. The van der Waals surface area contributed by atoms with Gasteiger partial charge in [0.1, 0.15) is 5.75 Å². The monoisotopic (exact) mass is 427 g/mol. The van der Waals surface area contributed by atoms with Gasteiger partial charge in [-0.2, -0.15) is 5.10 Å². The van der Waals surface area contributed by atoms with Gasteiger partial charge in [0.2, 0.25) is 5.96 Å². The van der Waals surface area contributed by atoms with Gasteiger partial charge in [-0.15, -0.1) is 0 Å². The number of aromatic nitrogens is 1. The molecule has 6 nitrogen and oxygen atoms in total. The molecule has 0 unspecified atom stereocenters. The highest BCUT2D eigenvalue weighted by molar-refractivity contribution is 9.10. The van der Waals surface area contributed by atoms with Gasteiger partial charge >= 0.3 is 0 Å². The van der Waals surface area contributed by atoms with E-state index in [2.05, 4.69) is 48.6 Å². The number of aliphatic imine (C=N–C) groups is 1. The molecule has 4 N–H and O–H groups in total. The third-order valence-corrected chi connectivity index (χ3v) is 4.74. The van der Waals surface area contributed by atoms with Crippen LogP contribution < -0.4 is 15.9 Å². The van der Waals surface area contributed by atoms with Gasteiger partial charge in [0.25, 0.3) is 0 Å². The van der Waals surface area contributed by atoms with Gasteiger partial charge < -0.3 is 15.5 Å². The number of nitrogens with two attached hydrogens (primary N) is 1. The predicted octanol–water partition coefficient (Wildman–Crippen LogP) is 3.73. The number of hydrazone groups is 1. The molecule has 3 aromatic rings. The topological polar surface area (TPSA) is 87.8 Å². The quantitative estimate of drug-likeness (QED) is 0.318. The molecular formula is C20H22BrN5O. The first kappa shape index (κ1) is 19.0. The molecule has 2 aromatic carbocycles. The van der Waals surface area contributed by atoms with Gasteiger partial charge in [0.05, 0.1) is 13.3 Å². The Hall–Kier alpha value is -2.80. The van der Waals surface area contributed by atoms with Gasteiger partial charge in [-0.05, 0) is 48.7 Å². The molecule has 27 heavy (non-hydrogen) atoms. The molecule has 0 aliphatic heterocycles. The van der Waals surface area contributed by atoms with E-state index in [-0.39, 0.29) is 5.96 Å². The van der Waals surface area contributed by atoms with Crippen molar-refractivity contribution in [2.45, 2.75) is 13.3 Å². The highest BCUT2D eigenvalue weighted by atomic mass is 79.9. The number of methoxy groups -OCH3 is 1. The molecule has 0 fully saturated rings. The van der Waals surface area contributed by atoms with Crippen molar-refractivity contribution in [3.05, 3.63) is 63.8 Å². The van der Waals surface area contributed by atoms with Crippen LogP contribution in [0.15, 0.2) is 57.2 Å². The average molecular weight is 428 g/mol. The van der Waals surface area contributed by atoms with Crippen LogP contribution in [0.25, 0.3) is 10.9 Å². The summed E-state index contributed by atoms with van der Waals surface area (Å²) in [6.07, 6.45) is 4.44. The Morgan fingerprint density at radius 1 is 1.30 bits per heavy atom. The second-order valence-electron chi connectivity index (χ2n) is 6.12. The molecule has 1 aromatic heterocycles. The van der Waals surface area contributed by atoms with E-state index in [1.807, 2.05) is 37.4 Å². The summed E-state index contributed by atoms with van der Waals surface area (Å²) in [6, 6.07) is 12.1. The van der Waals surface area contributed by atoms with Crippen molar-refractivity contribution in [3.8, 4) is 5.75 Å². The zero-order valence-electron chi connectivity index (χ0n) is 15.3. The van der Waals surface area contributed by atoms with Crippen LogP contribution in [0.2, 0.25) is 0 Å². The van der Waals surface area contributed by atoms with Crippen molar-refractivity contribution in [2.24, 2.45) is 15.8 Å². The number of hydrogen-bond acceptors (Lipinski definition) is 3. The minimum Gasteiger partial charge on any atom is -0.497 e. The summed E-state index contributed by atoms with van der Waals surface area (Å²) in [5, 5.41) is 5.23. The highest BCUT2D eigenvalue weighted by Crippen LogP contribution is 2.26. The lowest BCUT2D eigenvalue weighted by molar-refractivity contribution is 0.415. The molecule has 140 valence electrons. The standard InChI is InChI=1S/C20H22BrN5O/c1-13-9-17(27-2)10-18-15(11-24-19(13)18)12-25-26-20(22)23-8-7-14-3-5-16(21)6-4-14/h3-6,9-12,24H,7-8H2,1-2H3,(H3,22,23,26)/b25-12+. The van der Waals surface area contributed by atoms with Crippen molar-refractivity contribution < 1.29 is 4.74 Å². The van der Waals surface area contributed by atoms with Gasteiger partial charge in [-0.1, -0.05) is 28.1 Å². The number of rotatable bonds is 6. The number of hydrogen-bond donors (Lipinski definition) is 3. The number of nitrogens with one attached hydrogen (secondary N) is 2. The lowest BCUT2D eigenvalue weighted by atomic mass is 10.1. The summed E-state index contributed by atoms with van der Waals surface area (Å²) in [6.45, 7) is 2.63. The van der Waals surface area contributed by atoms with Gasteiger partial charge in [-0.25, -0.2) is 5.43 Å². The summed E-state index contributed by atoms with van der Waals surface area (Å²) in [7, 11) is 1.66. The van der Waals surface area contributed by atoms with Crippen molar-refractivity contribution >= 4 is 39.0 Å². The fourth-order valence-electron chi connectivity index (χ4n) is 2.79. The van der Waals surface area contributed by atoms with Crippen LogP contribution >= 0.6 is 15.9 Å². The fourth-order valence-corrected chi connectivity index (χ4v) is 3.05. The molecule has 0 radical (unpaired) electrons. The summed E-state index contributed by atoms with van der Waals surface area (Å²) < 4.78 is 6.41.